The molecule has 0 atom stereocenters. The number of ether oxygens (including phenoxy) is 2. The lowest BCUT2D eigenvalue weighted by Gasteiger charge is -2.38. The Morgan fingerprint density at radius 2 is 0.882 bits per heavy atom. The molecule has 5 heteroatoms. The predicted octanol–water partition coefficient (Wildman–Crippen LogP) is 11.8. The third kappa shape index (κ3) is 5.05. The third-order valence-electron chi connectivity index (χ3n) is 9.75. The normalized spacial score (nSPS) is 13.4. The van der Waals surface area contributed by atoms with Gasteiger partial charge in [0.1, 0.15) is 11.5 Å². The molecule has 0 fully saturated rings. The smallest absolute Gasteiger partial charge is 0.340 e. The first-order valence-electron chi connectivity index (χ1n) is 17.1. The summed E-state index contributed by atoms with van der Waals surface area (Å²) < 4.78 is 13.5. The van der Waals surface area contributed by atoms with E-state index in [-0.39, 0.29) is 5.97 Å². The van der Waals surface area contributed by atoms with Gasteiger partial charge in [0.15, 0.2) is 5.60 Å². The van der Waals surface area contributed by atoms with Crippen molar-refractivity contribution in [1.29, 1.82) is 0 Å². The Morgan fingerprint density at radius 1 is 0.431 bits per heavy atom. The van der Waals surface area contributed by atoms with Crippen LogP contribution in [0.3, 0.4) is 0 Å². The van der Waals surface area contributed by atoms with Gasteiger partial charge in [0.05, 0.1) is 5.56 Å². The van der Waals surface area contributed by atoms with Crippen molar-refractivity contribution in [1.82, 2.24) is 0 Å². The van der Waals surface area contributed by atoms with Crippen LogP contribution in [0.5, 0.6) is 11.5 Å². The number of fused-ring (bicyclic) bond motifs is 6. The monoisotopic (exact) mass is 662 g/mol. The molecule has 51 heavy (non-hydrogen) atoms. The number of rotatable bonds is 6. The molecule has 0 unspecified atom stereocenters. The number of benzene rings is 7. The van der Waals surface area contributed by atoms with E-state index >= 15 is 0 Å². The highest BCUT2D eigenvalue weighted by Gasteiger charge is 2.53. The van der Waals surface area contributed by atoms with Gasteiger partial charge in [0.2, 0.25) is 0 Å². The van der Waals surface area contributed by atoms with Crippen LogP contribution in [0, 0.1) is 13.8 Å². The van der Waals surface area contributed by atoms with Crippen LogP contribution in [0.1, 0.15) is 38.2 Å². The highest BCUT2D eigenvalue weighted by Crippen LogP contribution is 2.58. The van der Waals surface area contributed by atoms with E-state index in [0.29, 0.717) is 17.1 Å². The molecule has 0 aromatic heterocycles. The minimum atomic E-state index is -1.19. The van der Waals surface area contributed by atoms with Gasteiger partial charge in [-0.1, -0.05) is 78.9 Å². The first-order chi connectivity index (χ1) is 25.0. The molecule has 246 valence electrons. The molecule has 5 nitrogen and oxygen atoms in total. The molecule has 0 radical (unpaired) electrons. The molecule has 7 aromatic rings. The minimum absolute atomic E-state index is 0.353. The SMILES string of the molecule is Cc1cccc(N(c2ccccc2)c2ccc3c(c2)Oc2cc(N(c4ccccc4)c4cccc(C)c4)ccc2C32OC(=O)c3ccccc32)c1. The van der Waals surface area contributed by atoms with Crippen LogP contribution in [-0.4, -0.2) is 5.97 Å². The zero-order valence-corrected chi connectivity index (χ0v) is 28.3. The number of hydrogen-bond donors (Lipinski definition) is 0. The Balaban J connectivity index is 1.26. The summed E-state index contributed by atoms with van der Waals surface area (Å²) in [7, 11) is 0. The van der Waals surface area contributed by atoms with Crippen LogP contribution in [0.2, 0.25) is 0 Å². The van der Waals surface area contributed by atoms with Crippen LogP contribution in [0.25, 0.3) is 0 Å². The van der Waals surface area contributed by atoms with E-state index in [2.05, 4.69) is 121 Å². The molecule has 0 amide bonds. The third-order valence-corrected chi connectivity index (χ3v) is 9.75. The summed E-state index contributed by atoms with van der Waals surface area (Å²) in [4.78, 5) is 18.1. The van der Waals surface area contributed by atoms with Crippen molar-refractivity contribution in [2.45, 2.75) is 19.4 Å². The van der Waals surface area contributed by atoms with Crippen molar-refractivity contribution in [3.63, 3.8) is 0 Å². The van der Waals surface area contributed by atoms with Gasteiger partial charge in [0, 0.05) is 62.9 Å². The summed E-state index contributed by atoms with van der Waals surface area (Å²) in [5.74, 6) is 0.892. The molecule has 0 saturated heterocycles. The summed E-state index contributed by atoms with van der Waals surface area (Å²) in [6, 6.07) is 57.6. The zero-order chi connectivity index (χ0) is 34.5. The fourth-order valence-corrected chi connectivity index (χ4v) is 7.51. The largest absolute Gasteiger partial charge is 0.456 e. The fourth-order valence-electron chi connectivity index (χ4n) is 7.51. The Bertz CT molecular complexity index is 2300. The summed E-state index contributed by atoms with van der Waals surface area (Å²) >= 11 is 0. The van der Waals surface area contributed by atoms with Gasteiger partial charge in [-0.3, -0.25) is 0 Å². The van der Waals surface area contributed by atoms with E-state index in [9.17, 15) is 4.79 Å². The van der Waals surface area contributed by atoms with Crippen LogP contribution in [0.15, 0.2) is 170 Å². The zero-order valence-electron chi connectivity index (χ0n) is 28.3. The number of para-hydroxylation sites is 2. The van der Waals surface area contributed by atoms with Gasteiger partial charge >= 0.3 is 5.97 Å². The number of carbonyl (C=O) groups excluding carboxylic acids is 1. The van der Waals surface area contributed by atoms with E-state index in [1.54, 1.807) is 0 Å². The van der Waals surface area contributed by atoms with Crippen molar-refractivity contribution in [3.8, 4) is 11.5 Å². The number of aryl methyl sites for hydroxylation is 2. The van der Waals surface area contributed by atoms with Gasteiger partial charge in [-0.2, -0.15) is 0 Å². The lowest BCUT2D eigenvalue weighted by molar-refractivity contribution is 0.0224. The number of carbonyl (C=O) groups is 1. The quantitative estimate of drug-likeness (QED) is 0.166. The van der Waals surface area contributed by atoms with Crippen molar-refractivity contribution in [2.75, 3.05) is 9.80 Å². The van der Waals surface area contributed by atoms with Gasteiger partial charge < -0.3 is 19.3 Å². The molecule has 0 bridgehead atoms. The maximum atomic E-state index is 13.6. The molecule has 0 N–H and O–H groups in total. The van der Waals surface area contributed by atoms with E-state index < -0.39 is 5.60 Å². The average molecular weight is 663 g/mol. The van der Waals surface area contributed by atoms with Crippen molar-refractivity contribution in [2.24, 2.45) is 0 Å². The highest BCUT2D eigenvalue weighted by molar-refractivity contribution is 5.97. The van der Waals surface area contributed by atoms with E-state index in [1.165, 1.54) is 0 Å². The van der Waals surface area contributed by atoms with Gasteiger partial charge in [-0.15, -0.1) is 0 Å². The number of esters is 1. The molecule has 1 spiro atoms. The molecule has 2 heterocycles. The maximum absolute atomic E-state index is 13.6. The molecule has 0 aliphatic carbocycles. The minimum Gasteiger partial charge on any atom is -0.456 e. The first kappa shape index (κ1) is 30.5. The second kappa shape index (κ2) is 12.1. The summed E-state index contributed by atoms with van der Waals surface area (Å²) in [6.45, 7) is 4.20. The molecular formula is C46H34N2O3. The Labute approximate surface area is 297 Å². The van der Waals surface area contributed by atoms with Crippen LogP contribution in [-0.2, 0) is 10.3 Å². The molecule has 0 saturated carbocycles. The van der Waals surface area contributed by atoms with E-state index in [4.69, 9.17) is 9.47 Å². The number of anilines is 6. The van der Waals surface area contributed by atoms with Crippen LogP contribution >= 0.6 is 0 Å². The second-order valence-electron chi connectivity index (χ2n) is 13.1. The van der Waals surface area contributed by atoms with Crippen molar-refractivity contribution >= 4 is 40.1 Å². The van der Waals surface area contributed by atoms with Gasteiger partial charge in [-0.25, -0.2) is 4.79 Å². The number of hydrogen-bond acceptors (Lipinski definition) is 5. The van der Waals surface area contributed by atoms with Gasteiger partial charge in [-0.05, 0) is 104 Å². The molecule has 7 aromatic carbocycles. The van der Waals surface area contributed by atoms with Gasteiger partial charge in [0.25, 0.3) is 0 Å². The highest BCUT2D eigenvalue weighted by atomic mass is 16.6. The van der Waals surface area contributed by atoms with Crippen LogP contribution in [0.4, 0.5) is 34.1 Å². The molecule has 2 aliphatic rings. The Kier molecular flexibility index (Phi) is 7.21. The molecule has 2 aliphatic heterocycles. The topological polar surface area (TPSA) is 42.0 Å². The lowest BCUT2D eigenvalue weighted by Crippen LogP contribution is -2.33. The van der Waals surface area contributed by atoms with Crippen molar-refractivity contribution in [3.05, 3.63) is 203 Å². The summed E-state index contributed by atoms with van der Waals surface area (Å²) in [5, 5.41) is 0. The summed E-state index contributed by atoms with van der Waals surface area (Å²) in [6.07, 6.45) is 0. The fraction of sp³-hybridized carbons (Fsp3) is 0.0652. The Morgan fingerprint density at radius 3 is 1.39 bits per heavy atom. The lowest BCUT2D eigenvalue weighted by atomic mass is 9.77. The number of nitrogens with zero attached hydrogens (tertiary/aromatic N) is 2. The molecular weight excluding hydrogens is 629 g/mol. The van der Waals surface area contributed by atoms with E-state index in [0.717, 1.165) is 61.9 Å². The van der Waals surface area contributed by atoms with E-state index in [1.807, 2.05) is 72.8 Å². The second-order valence-corrected chi connectivity index (χ2v) is 13.1. The Hall–Kier alpha value is -6.59. The molecule has 9 rings (SSSR count). The standard InChI is InChI=1S/C46H34N2O3/c1-31-13-11-19-35(27-31)47(33-15-5-3-6-16-33)37-23-25-41-43(29-37)50-44-30-38(48(34-17-7-4-8-18-34)36-20-12-14-32(2)28-36)24-26-42(44)46(41)40-22-10-9-21-39(40)45(49)51-46/h3-30H,1-2H3. The first-order valence-corrected chi connectivity index (χ1v) is 17.1. The summed E-state index contributed by atoms with van der Waals surface area (Å²) in [5.41, 5.74) is 9.99. The average Bonchev–Trinajstić information content (AvgIpc) is 3.45. The maximum Gasteiger partial charge on any atom is 0.340 e. The predicted molar refractivity (Wildman–Crippen MR) is 204 cm³/mol. The van der Waals surface area contributed by atoms with Crippen molar-refractivity contribution < 1.29 is 14.3 Å². The van der Waals surface area contributed by atoms with Crippen LogP contribution < -0.4 is 14.5 Å².